The quantitative estimate of drug-likeness (QED) is 0.587. The molecule has 6 heteroatoms. The molecule has 0 unspecified atom stereocenters. The Morgan fingerprint density at radius 2 is 2.05 bits per heavy atom. The topological polar surface area (TPSA) is 63.6 Å². The molecule has 0 spiro atoms. The van der Waals surface area contributed by atoms with Crippen LogP contribution in [0.3, 0.4) is 0 Å². The third-order valence-corrected chi connectivity index (χ3v) is 3.92. The van der Waals surface area contributed by atoms with Gasteiger partial charge >= 0.3 is 0 Å². The molecular weight excluding hydrogens is 300 g/mol. The molecule has 2 aromatic heterocycles. The van der Waals surface area contributed by atoms with Crippen molar-refractivity contribution in [3.63, 3.8) is 0 Å². The average molecular weight is 311 g/mol. The fourth-order valence-electron chi connectivity index (χ4n) is 2.64. The van der Waals surface area contributed by atoms with Crippen molar-refractivity contribution in [2.45, 2.75) is 6.92 Å². The minimum Gasteiger partial charge on any atom is -0.278 e. The second-order valence-electron chi connectivity index (χ2n) is 5.10. The van der Waals surface area contributed by atoms with Crippen molar-refractivity contribution < 1.29 is 0 Å². The van der Waals surface area contributed by atoms with Crippen molar-refractivity contribution in [2.75, 3.05) is 0 Å². The number of hydrogen-bond acceptors (Lipinski definition) is 3. The van der Waals surface area contributed by atoms with Crippen LogP contribution in [0.4, 0.5) is 0 Å². The summed E-state index contributed by atoms with van der Waals surface area (Å²) in [6.45, 7) is 1.81. The summed E-state index contributed by atoms with van der Waals surface area (Å²) in [4.78, 5) is 17.3. The predicted molar refractivity (Wildman–Crippen MR) is 86.7 cm³/mol. The molecule has 0 fully saturated rings. The maximum atomic E-state index is 12.8. The van der Waals surface area contributed by atoms with Gasteiger partial charge in [0, 0.05) is 10.4 Å². The van der Waals surface area contributed by atoms with Crippen LogP contribution in [0.25, 0.3) is 27.5 Å². The molecule has 5 nitrogen and oxygen atoms in total. The molecule has 108 valence electrons. The second kappa shape index (κ2) is 4.68. The summed E-state index contributed by atoms with van der Waals surface area (Å²) in [6, 6.07) is 10.8. The van der Waals surface area contributed by atoms with Crippen LogP contribution >= 0.6 is 11.6 Å². The Kier molecular flexibility index (Phi) is 2.77. The predicted octanol–water partition coefficient (Wildman–Crippen LogP) is 3.22. The Morgan fingerprint density at radius 3 is 2.91 bits per heavy atom. The van der Waals surface area contributed by atoms with Gasteiger partial charge in [-0.2, -0.15) is 5.10 Å². The lowest BCUT2D eigenvalue weighted by Gasteiger charge is -2.11. The second-order valence-corrected chi connectivity index (χ2v) is 5.54. The number of benzene rings is 2. The fourth-order valence-corrected chi connectivity index (χ4v) is 2.81. The summed E-state index contributed by atoms with van der Waals surface area (Å²) in [6.07, 6.45) is 1.73. The van der Waals surface area contributed by atoms with Gasteiger partial charge in [-0.1, -0.05) is 11.6 Å². The van der Waals surface area contributed by atoms with E-state index in [2.05, 4.69) is 15.2 Å². The standard InChI is InChI=1S/C16H11ClN4O/c1-9-19-15-4-2-11(17)7-13(15)16(22)21(9)12-3-5-14-10(6-12)8-18-20-14/h2-8H,1H3,(H,18,20). The molecule has 0 radical (unpaired) electrons. The van der Waals surface area contributed by atoms with Gasteiger partial charge in [0.15, 0.2) is 0 Å². The first-order valence-corrected chi connectivity index (χ1v) is 7.14. The molecule has 1 N–H and O–H groups in total. The Labute approximate surface area is 130 Å². The molecule has 0 bridgehead atoms. The molecule has 0 atom stereocenters. The number of hydrogen-bond donors (Lipinski definition) is 1. The van der Waals surface area contributed by atoms with E-state index in [1.807, 2.05) is 25.1 Å². The molecule has 0 aliphatic carbocycles. The zero-order valence-corrected chi connectivity index (χ0v) is 12.4. The highest BCUT2D eigenvalue weighted by atomic mass is 35.5. The maximum Gasteiger partial charge on any atom is 0.266 e. The number of aromatic amines is 1. The van der Waals surface area contributed by atoms with Crippen molar-refractivity contribution in [1.82, 2.24) is 19.7 Å². The normalized spacial score (nSPS) is 11.4. The minimum absolute atomic E-state index is 0.132. The number of aryl methyl sites for hydroxylation is 1. The molecule has 0 aliphatic rings. The van der Waals surface area contributed by atoms with E-state index < -0.39 is 0 Å². The molecule has 22 heavy (non-hydrogen) atoms. The highest BCUT2D eigenvalue weighted by Crippen LogP contribution is 2.19. The van der Waals surface area contributed by atoms with Crippen molar-refractivity contribution in [1.29, 1.82) is 0 Å². The highest BCUT2D eigenvalue weighted by molar-refractivity contribution is 6.31. The van der Waals surface area contributed by atoms with Crippen LogP contribution in [0, 0.1) is 6.92 Å². The van der Waals surface area contributed by atoms with E-state index in [-0.39, 0.29) is 5.56 Å². The smallest absolute Gasteiger partial charge is 0.266 e. The van der Waals surface area contributed by atoms with Crippen molar-refractivity contribution in [3.05, 3.63) is 63.8 Å². The molecule has 0 saturated heterocycles. The Hall–Kier alpha value is -2.66. The van der Waals surface area contributed by atoms with E-state index in [0.29, 0.717) is 21.7 Å². The first-order valence-electron chi connectivity index (χ1n) is 6.76. The molecule has 0 saturated carbocycles. The third-order valence-electron chi connectivity index (χ3n) is 3.68. The monoisotopic (exact) mass is 310 g/mol. The van der Waals surface area contributed by atoms with Crippen LogP contribution < -0.4 is 5.56 Å². The largest absolute Gasteiger partial charge is 0.278 e. The molecule has 0 amide bonds. The first kappa shape index (κ1) is 13.0. The Balaban J connectivity index is 2.06. The van der Waals surface area contributed by atoms with Gasteiger partial charge < -0.3 is 0 Å². The first-order chi connectivity index (χ1) is 10.6. The SMILES string of the molecule is Cc1nc2ccc(Cl)cc2c(=O)n1-c1ccc2[nH]ncc2c1. The summed E-state index contributed by atoms with van der Waals surface area (Å²) in [5.41, 5.74) is 2.19. The summed E-state index contributed by atoms with van der Waals surface area (Å²) in [7, 11) is 0. The van der Waals surface area contributed by atoms with E-state index >= 15 is 0 Å². The van der Waals surface area contributed by atoms with Gasteiger partial charge in [0.25, 0.3) is 5.56 Å². The van der Waals surface area contributed by atoms with Crippen LogP contribution in [-0.4, -0.2) is 19.7 Å². The van der Waals surface area contributed by atoms with Crippen molar-refractivity contribution in [3.8, 4) is 5.69 Å². The van der Waals surface area contributed by atoms with Crippen LogP contribution in [0.15, 0.2) is 47.4 Å². The number of H-pyrrole nitrogens is 1. The van der Waals surface area contributed by atoms with Gasteiger partial charge in [-0.3, -0.25) is 14.5 Å². The van der Waals surface area contributed by atoms with Gasteiger partial charge in [0.1, 0.15) is 5.82 Å². The Morgan fingerprint density at radius 1 is 1.18 bits per heavy atom. The number of aromatic nitrogens is 4. The fraction of sp³-hybridized carbons (Fsp3) is 0.0625. The minimum atomic E-state index is -0.132. The van der Waals surface area contributed by atoms with Gasteiger partial charge in [-0.05, 0) is 43.3 Å². The molecule has 2 heterocycles. The Bertz CT molecular complexity index is 1080. The maximum absolute atomic E-state index is 12.8. The van der Waals surface area contributed by atoms with Crippen molar-refractivity contribution >= 4 is 33.4 Å². The van der Waals surface area contributed by atoms with Gasteiger partial charge in [-0.15, -0.1) is 0 Å². The number of fused-ring (bicyclic) bond motifs is 2. The zero-order valence-electron chi connectivity index (χ0n) is 11.7. The molecule has 4 rings (SSSR count). The lowest BCUT2D eigenvalue weighted by Crippen LogP contribution is -2.22. The van der Waals surface area contributed by atoms with Crippen LogP contribution in [0.2, 0.25) is 5.02 Å². The van der Waals surface area contributed by atoms with Crippen LogP contribution in [0.1, 0.15) is 5.82 Å². The summed E-state index contributed by atoms with van der Waals surface area (Å²) < 4.78 is 1.59. The third kappa shape index (κ3) is 1.90. The molecule has 2 aromatic carbocycles. The van der Waals surface area contributed by atoms with Gasteiger partial charge in [-0.25, -0.2) is 4.98 Å². The number of halogens is 1. The van der Waals surface area contributed by atoms with Gasteiger partial charge in [0.05, 0.1) is 28.3 Å². The van der Waals surface area contributed by atoms with E-state index in [1.165, 1.54) is 0 Å². The van der Waals surface area contributed by atoms with E-state index in [4.69, 9.17) is 11.6 Å². The molecule has 4 aromatic rings. The number of nitrogens with zero attached hydrogens (tertiary/aromatic N) is 3. The summed E-state index contributed by atoms with van der Waals surface area (Å²) in [5, 5.41) is 8.86. The van der Waals surface area contributed by atoms with E-state index in [9.17, 15) is 4.79 Å². The van der Waals surface area contributed by atoms with E-state index in [1.54, 1.807) is 29.0 Å². The van der Waals surface area contributed by atoms with Crippen LogP contribution in [-0.2, 0) is 0 Å². The average Bonchev–Trinajstić information content (AvgIpc) is 2.96. The van der Waals surface area contributed by atoms with Gasteiger partial charge in [0.2, 0.25) is 0 Å². The van der Waals surface area contributed by atoms with Crippen LogP contribution in [0.5, 0.6) is 0 Å². The lowest BCUT2D eigenvalue weighted by atomic mass is 10.2. The summed E-state index contributed by atoms with van der Waals surface area (Å²) >= 11 is 6.00. The number of nitrogens with one attached hydrogen (secondary N) is 1. The van der Waals surface area contributed by atoms with E-state index in [0.717, 1.165) is 16.6 Å². The van der Waals surface area contributed by atoms with Crippen molar-refractivity contribution in [2.24, 2.45) is 0 Å². The lowest BCUT2D eigenvalue weighted by molar-refractivity contribution is 0.896. The molecule has 0 aliphatic heterocycles. The summed E-state index contributed by atoms with van der Waals surface area (Å²) in [5.74, 6) is 0.627. The molecular formula is C16H11ClN4O. The number of rotatable bonds is 1. The highest BCUT2D eigenvalue weighted by Gasteiger charge is 2.11. The zero-order chi connectivity index (χ0) is 15.3.